The highest BCUT2D eigenvalue weighted by atomic mass is 35.5. The maximum absolute atomic E-state index is 12.8. The Balaban J connectivity index is 1.32. The zero-order valence-corrected chi connectivity index (χ0v) is 21.8. The minimum absolute atomic E-state index is 0.0411. The fourth-order valence-electron chi connectivity index (χ4n) is 3.97. The predicted molar refractivity (Wildman–Crippen MR) is 142 cm³/mol. The maximum Gasteiger partial charge on any atom is 0.261 e. The molecule has 1 amide bonds. The van der Waals surface area contributed by atoms with E-state index in [1.807, 2.05) is 24.3 Å². The third-order valence-corrected chi connectivity index (χ3v) is 8.51. The second kappa shape index (κ2) is 11.2. The van der Waals surface area contributed by atoms with Crippen LogP contribution in [0.25, 0.3) is 0 Å². The van der Waals surface area contributed by atoms with Crippen LogP contribution in [0, 0.1) is 5.92 Å². The van der Waals surface area contributed by atoms with E-state index in [2.05, 4.69) is 14.9 Å². The van der Waals surface area contributed by atoms with Gasteiger partial charge in [-0.25, -0.2) is 8.42 Å². The number of piperidine rings is 1. The van der Waals surface area contributed by atoms with Crippen molar-refractivity contribution < 1.29 is 13.2 Å². The Morgan fingerprint density at radius 1 is 0.886 bits per heavy atom. The number of hydrogen-bond acceptors (Lipinski definition) is 4. The molecule has 0 spiro atoms. The Kier molecular flexibility index (Phi) is 8.24. The Bertz CT molecular complexity index is 1310. The van der Waals surface area contributed by atoms with Gasteiger partial charge in [0.1, 0.15) is 0 Å². The molecule has 35 heavy (non-hydrogen) atoms. The molecule has 1 aliphatic heterocycles. The van der Waals surface area contributed by atoms with Crippen molar-refractivity contribution in [1.29, 1.82) is 0 Å². The number of hydrogen-bond donors (Lipinski definition) is 2. The van der Waals surface area contributed by atoms with Crippen LogP contribution in [0.4, 0.5) is 11.4 Å². The predicted octanol–water partition coefficient (Wildman–Crippen LogP) is 6.30. The van der Waals surface area contributed by atoms with E-state index in [9.17, 15) is 13.2 Å². The molecule has 4 rings (SSSR count). The van der Waals surface area contributed by atoms with Crippen LogP contribution in [-0.4, -0.2) is 32.3 Å². The standard InChI is InChI=1S/C25H24Cl3N3O3S/c26-21-5-2-1-4-18(21)16-31-14-12-17(13-15-31)25(32)29-19-8-10-20(11-9-19)35(33,34)30-23-7-3-6-22(27)24(23)28/h1-11,17,30H,12-16H2,(H,29,32). The highest BCUT2D eigenvalue weighted by molar-refractivity contribution is 7.92. The zero-order chi connectivity index (χ0) is 25.0. The number of carbonyl (C=O) groups excluding carboxylic acids is 1. The van der Waals surface area contributed by atoms with Gasteiger partial charge in [0.2, 0.25) is 5.91 Å². The number of anilines is 2. The zero-order valence-electron chi connectivity index (χ0n) is 18.7. The Labute approximate surface area is 220 Å². The highest BCUT2D eigenvalue weighted by Crippen LogP contribution is 2.31. The SMILES string of the molecule is O=C(Nc1ccc(S(=O)(=O)Nc2cccc(Cl)c2Cl)cc1)C1CCN(Cc2ccccc2Cl)CC1. The summed E-state index contributed by atoms with van der Waals surface area (Å²) in [5, 5.41) is 4.03. The molecule has 184 valence electrons. The van der Waals surface area contributed by atoms with Gasteiger partial charge < -0.3 is 5.32 Å². The molecule has 6 nitrogen and oxygen atoms in total. The van der Waals surface area contributed by atoms with E-state index in [-0.39, 0.29) is 32.5 Å². The molecule has 1 heterocycles. The Morgan fingerprint density at radius 2 is 1.54 bits per heavy atom. The summed E-state index contributed by atoms with van der Waals surface area (Å²) in [4.78, 5) is 15.1. The molecular formula is C25H24Cl3N3O3S. The van der Waals surface area contributed by atoms with E-state index in [1.165, 1.54) is 18.2 Å². The Hall–Kier alpha value is -2.29. The lowest BCUT2D eigenvalue weighted by Crippen LogP contribution is -2.37. The summed E-state index contributed by atoms with van der Waals surface area (Å²) >= 11 is 18.3. The fraction of sp³-hybridized carbons (Fsp3) is 0.240. The maximum atomic E-state index is 12.8. The van der Waals surface area contributed by atoms with E-state index in [1.54, 1.807) is 24.3 Å². The Morgan fingerprint density at radius 3 is 2.23 bits per heavy atom. The van der Waals surface area contributed by atoms with E-state index in [4.69, 9.17) is 34.8 Å². The van der Waals surface area contributed by atoms with E-state index >= 15 is 0 Å². The van der Waals surface area contributed by atoms with Crippen molar-refractivity contribution in [1.82, 2.24) is 4.90 Å². The van der Waals surface area contributed by atoms with Crippen LogP contribution in [-0.2, 0) is 21.4 Å². The molecule has 0 saturated carbocycles. The number of likely N-dealkylation sites (tertiary alicyclic amines) is 1. The van der Waals surface area contributed by atoms with Gasteiger partial charge in [0.15, 0.2) is 0 Å². The van der Waals surface area contributed by atoms with Crippen molar-refractivity contribution >= 4 is 62.1 Å². The molecule has 1 saturated heterocycles. The van der Waals surface area contributed by atoms with Crippen LogP contribution in [0.3, 0.4) is 0 Å². The molecule has 0 bridgehead atoms. The summed E-state index contributed by atoms with van der Waals surface area (Å²) in [5.74, 6) is -0.172. The van der Waals surface area contributed by atoms with Gasteiger partial charge in [-0.1, -0.05) is 59.1 Å². The molecule has 1 fully saturated rings. The van der Waals surface area contributed by atoms with Crippen LogP contribution in [0.5, 0.6) is 0 Å². The number of rotatable bonds is 7. The lowest BCUT2D eigenvalue weighted by atomic mass is 9.95. The average Bonchev–Trinajstić information content (AvgIpc) is 2.84. The molecule has 2 N–H and O–H groups in total. The summed E-state index contributed by atoms with van der Waals surface area (Å²) < 4.78 is 27.9. The van der Waals surface area contributed by atoms with Gasteiger partial charge in [-0.05, 0) is 74.0 Å². The first-order chi connectivity index (χ1) is 16.7. The summed E-state index contributed by atoms with van der Waals surface area (Å²) in [6.07, 6.45) is 1.49. The van der Waals surface area contributed by atoms with Gasteiger partial charge in [-0.2, -0.15) is 0 Å². The quantitative estimate of drug-likeness (QED) is 0.361. The van der Waals surface area contributed by atoms with Gasteiger partial charge in [-0.3, -0.25) is 14.4 Å². The molecule has 0 radical (unpaired) electrons. The van der Waals surface area contributed by atoms with Crippen LogP contribution >= 0.6 is 34.8 Å². The monoisotopic (exact) mass is 551 g/mol. The molecular weight excluding hydrogens is 529 g/mol. The molecule has 0 unspecified atom stereocenters. The molecule has 1 aliphatic rings. The van der Waals surface area contributed by atoms with Crippen molar-refractivity contribution in [3.05, 3.63) is 87.4 Å². The molecule has 10 heteroatoms. The van der Waals surface area contributed by atoms with Crippen molar-refractivity contribution in [2.45, 2.75) is 24.3 Å². The summed E-state index contributed by atoms with van der Waals surface area (Å²) in [7, 11) is -3.87. The second-order valence-electron chi connectivity index (χ2n) is 8.36. The van der Waals surface area contributed by atoms with Crippen LogP contribution in [0.1, 0.15) is 18.4 Å². The molecule has 0 aliphatic carbocycles. The smallest absolute Gasteiger partial charge is 0.261 e. The largest absolute Gasteiger partial charge is 0.326 e. The number of sulfonamides is 1. The van der Waals surface area contributed by atoms with Crippen LogP contribution in [0.2, 0.25) is 15.1 Å². The van der Waals surface area contributed by atoms with Crippen LogP contribution < -0.4 is 10.0 Å². The first-order valence-electron chi connectivity index (χ1n) is 11.1. The lowest BCUT2D eigenvalue weighted by molar-refractivity contribution is -0.121. The number of halogens is 3. The van der Waals surface area contributed by atoms with Crippen LogP contribution in [0.15, 0.2) is 71.6 Å². The lowest BCUT2D eigenvalue weighted by Gasteiger charge is -2.31. The summed E-state index contributed by atoms with van der Waals surface area (Å²) in [5.41, 5.74) is 1.81. The number of amides is 1. The number of carbonyl (C=O) groups is 1. The van der Waals surface area contributed by atoms with Gasteiger partial charge >= 0.3 is 0 Å². The molecule has 3 aromatic carbocycles. The van der Waals surface area contributed by atoms with Gasteiger partial charge in [0, 0.05) is 23.2 Å². The van der Waals surface area contributed by atoms with E-state index in [0.717, 1.165) is 43.1 Å². The van der Waals surface area contributed by atoms with E-state index in [0.29, 0.717) is 5.69 Å². The minimum atomic E-state index is -3.87. The van der Waals surface area contributed by atoms with Gasteiger partial charge in [-0.15, -0.1) is 0 Å². The van der Waals surface area contributed by atoms with Crippen molar-refractivity contribution in [3.8, 4) is 0 Å². The van der Waals surface area contributed by atoms with Crippen molar-refractivity contribution in [2.75, 3.05) is 23.1 Å². The van der Waals surface area contributed by atoms with Gasteiger partial charge in [0.05, 0.1) is 20.6 Å². The molecule has 0 atom stereocenters. The summed E-state index contributed by atoms with van der Waals surface area (Å²) in [6.45, 7) is 2.37. The highest BCUT2D eigenvalue weighted by Gasteiger charge is 2.25. The first-order valence-corrected chi connectivity index (χ1v) is 13.7. The molecule has 3 aromatic rings. The second-order valence-corrected chi connectivity index (χ2v) is 11.2. The molecule has 0 aromatic heterocycles. The average molecular weight is 553 g/mol. The number of nitrogens with zero attached hydrogens (tertiary/aromatic N) is 1. The van der Waals surface area contributed by atoms with Gasteiger partial charge in [0.25, 0.3) is 10.0 Å². The number of nitrogens with one attached hydrogen (secondary N) is 2. The van der Waals surface area contributed by atoms with E-state index < -0.39 is 10.0 Å². The summed E-state index contributed by atoms with van der Waals surface area (Å²) in [6, 6.07) is 18.5. The third kappa shape index (κ3) is 6.48. The normalized spacial score (nSPS) is 15.1. The topological polar surface area (TPSA) is 78.5 Å². The van der Waals surface area contributed by atoms with Crippen molar-refractivity contribution in [2.24, 2.45) is 5.92 Å². The third-order valence-electron chi connectivity index (χ3n) is 5.94. The first kappa shape index (κ1) is 25.8. The minimum Gasteiger partial charge on any atom is -0.326 e. The van der Waals surface area contributed by atoms with Crippen molar-refractivity contribution in [3.63, 3.8) is 0 Å². The fourth-order valence-corrected chi connectivity index (χ4v) is 5.64. The number of benzene rings is 3.